The first kappa shape index (κ1) is 14.1. The molecule has 0 aromatic heterocycles. The Bertz CT molecular complexity index is 396. The van der Waals surface area contributed by atoms with Crippen LogP contribution < -0.4 is 14.8 Å². The molecule has 1 aromatic carbocycles. The van der Waals surface area contributed by atoms with Gasteiger partial charge in [-0.2, -0.15) is 0 Å². The first-order valence-corrected chi connectivity index (χ1v) is 5.68. The number of rotatable bonds is 5. The Balaban J connectivity index is 3.31. The third-order valence-electron chi connectivity index (χ3n) is 2.64. The standard InChI is InChI=1S/C12H18ClNO3/c1-7-11(9(15)6-14-2)8(13)5-10(16-3)12(7)17-4/h5,9,14-15H,6H2,1-4H3. The average Bonchev–Trinajstić information content (AvgIpc) is 2.28. The molecule has 0 fully saturated rings. The lowest BCUT2D eigenvalue weighted by molar-refractivity contribution is 0.176. The molecular formula is C12H18ClNO3. The number of halogens is 1. The molecule has 0 radical (unpaired) electrons. The summed E-state index contributed by atoms with van der Waals surface area (Å²) in [6.45, 7) is 2.28. The van der Waals surface area contributed by atoms with E-state index in [1.54, 1.807) is 27.3 Å². The second-order valence-corrected chi connectivity index (χ2v) is 4.11. The van der Waals surface area contributed by atoms with Gasteiger partial charge in [0.2, 0.25) is 0 Å². The summed E-state index contributed by atoms with van der Waals surface area (Å²) in [5, 5.41) is 13.4. The van der Waals surface area contributed by atoms with E-state index in [9.17, 15) is 5.11 Å². The van der Waals surface area contributed by atoms with Gasteiger partial charge in [-0.1, -0.05) is 11.6 Å². The van der Waals surface area contributed by atoms with Gasteiger partial charge in [0.25, 0.3) is 0 Å². The van der Waals surface area contributed by atoms with Crippen LogP contribution in [0.2, 0.25) is 5.02 Å². The van der Waals surface area contributed by atoms with E-state index in [2.05, 4.69) is 5.32 Å². The number of nitrogens with one attached hydrogen (secondary N) is 1. The fourth-order valence-corrected chi connectivity index (χ4v) is 2.22. The van der Waals surface area contributed by atoms with Crippen LogP contribution in [0.15, 0.2) is 6.07 Å². The molecule has 0 aliphatic carbocycles. The Kier molecular flexibility index (Phi) is 5.05. The molecule has 0 aliphatic heterocycles. The van der Waals surface area contributed by atoms with Crippen LogP contribution in [-0.2, 0) is 0 Å². The molecule has 1 unspecified atom stereocenters. The molecule has 17 heavy (non-hydrogen) atoms. The molecule has 0 bridgehead atoms. The molecule has 0 amide bonds. The van der Waals surface area contributed by atoms with Crippen molar-refractivity contribution in [2.75, 3.05) is 27.8 Å². The van der Waals surface area contributed by atoms with Crippen molar-refractivity contribution in [3.63, 3.8) is 0 Å². The van der Waals surface area contributed by atoms with Gasteiger partial charge < -0.3 is 19.9 Å². The molecular weight excluding hydrogens is 242 g/mol. The van der Waals surface area contributed by atoms with Gasteiger partial charge >= 0.3 is 0 Å². The molecule has 1 rings (SSSR count). The highest BCUT2D eigenvalue weighted by atomic mass is 35.5. The van der Waals surface area contributed by atoms with Gasteiger partial charge in [0.15, 0.2) is 11.5 Å². The average molecular weight is 260 g/mol. The Morgan fingerprint density at radius 2 is 2.06 bits per heavy atom. The van der Waals surface area contributed by atoms with E-state index in [-0.39, 0.29) is 0 Å². The zero-order valence-electron chi connectivity index (χ0n) is 10.5. The second kappa shape index (κ2) is 6.10. The van der Waals surface area contributed by atoms with Crippen LogP contribution in [0.3, 0.4) is 0 Å². The van der Waals surface area contributed by atoms with E-state index >= 15 is 0 Å². The topological polar surface area (TPSA) is 50.7 Å². The molecule has 5 heteroatoms. The van der Waals surface area contributed by atoms with Crippen LogP contribution in [0.5, 0.6) is 11.5 Å². The number of benzene rings is 1. The third-order valence-corrected chi connectivity index (χ3v) is 2.95. The van der Waals surface area contributed by atoms with E-state index in [0.29, 0.717) is 28.6 Å². The van der Waals surface area contributed by atoms with Crippen molar-refractivity contribution in [2.45, 2.75) is 13.0 Å². The van der Waals surface area contributed by atoms with Crippen molar-refractivity contribution < 1.29 is 14.6 Å². The highest BCUT2D eigenvalue weighted by Crippen LogP contribution is 2.39. The van der Waals surface area contributed by atoms with Crippen LogP contribution in [0.1, 0.15) is 17.2 Å². The Morgan fingerprint density at radius 3 is 2.53 bits per heavy atom. The Hall–Kier alpha value is -0.970. The summed E-state index contributed by atoms with van der Waals surface area (Å²) in [6, 6.07) is 1.65. The van der Waals surface area contributed by atoms with Crippen LogP contribution in [0, 0.1) is 6.92 Å². The fraction of sp³-hybridized carbons (Fsp3) is 0.500. The molecule has 4 nitrogen and oxygen atoms in total. The summed E-state index contributed by atoms with van der Waals surface area (Å²) in [7, 11) is 4.89. The monoisotopic (exact) mass is 259 g/mol. The minimum absolute atomic E-state index is 0.427. The number of ether oxygens (including phenoxy) is 2. The highest BCUT2D eigenvalue weighted by molar-refractivity contribution is 6.31. The van der Waals surface area contributed by atoms with Crippen molar-refractivity contribution in [2.24, 2.45) is 0 Å². The summed E-state index contributed by atoms with van der Waals surface area (Å²) in [6.07, 6.45) is -0.674. The van der Waals surface area contributed by atoms with Crippen LogP contribution in [-0.4, -0.2) is 32.9 Å². The maximum atomic E-state index is 10.0. The SMILES string of the molecule is CNCC(O)c1c(Cl)cc(OC)c(OC)c1C. The number of hydrogen-bond donors (Lipinski definition) is 2. The largest absolute Gasteiger partial charge is 0.493 e. The summed E-state index contributed by atoms with van der Waals surface area (Å²) >= 11 is 6.15. The van der Waals surface area contributed by atoms with Crippen molar-refractivity contribution in [1.82, 2.24) is 5.32 Å². The minimum Gasteiger partial charge on any atom is -0.493 e. The van der Waals surface area contributed by atoms with Gasteiger partial charge in [-0.05, 0) is 14.0 Å². The van der Waals surface area contributed by atoms with E-state index in [1.165, 1.54) is 0 Å². The first-order chi connectivity index (χ1) is 8.06. The van der Waals surface area contributed by atoms with Gasteiger partial charge in [-0.25, -0.2) is 0 Å². The molecule has 1 atom stereocenters. The van der Waals surface area contributed by atoms with E-state index < -0.39 is 6.10 Å². The summed E-state index contributed by atoms with van der Waals surface area (Å²) in [5.74, 6) is 1.16. The predicted molar refractivity (Wildman–Crippen MR) is 68.2 cm³/mol. The molecule has 1 aromatic rings. The van der Waals surface area contributed by atoms with Gasteiger partial charge in [-0.15, -0.1) is 0 Å². The molecule has 0 spiro atoms. The molecule has 0 saturated carbocycles. The molecule has 0 aliphatic rings. The number of aliphatic hydroxyl groups is 1. The number of likely N-dealkylation sites (N-methyl/N-ethyl adjacent to an activating group) is 1. The zero-order valence-corrected chi connectivity index (χ0v) is 11.3. The van der Waals surface area contributed by atoms with Gasteiger partial charge in [0, 0.05) is 23.7 Å². The minimum atomic E-state index is -0.674. The van der Waals surface area contributed by atoms with Crippen LogP contribution in [0.4, 0.5) is 0 Å². The predicted octanol–water partition coefficient (Wildman–Crippen LogP) is 1.92. The Labute approximate surface area is 106 Å². The normalized spacial score (nSPS) is 12.4. The number of hydrogen-bond acceptors (Lipinski definition) is 4. The number of aliphatic hydroxyl groups excluding tert-OH is 1. The van der Waals surface area contributed by atoms with Gasteiger partial charge in [0.05, 0.1) is 25.3 Å². The van der Waals surface area contributed by atoms with E-state index in [4.69, 9.17) is 21.1 Å². The Morgan fingerprint density at radius 1 is 1.41 bits per heavy atom. The zero-order chi connectivity index (χ0) is 13.0. The molecule has 0 saturated heterocycles. The van der Waals surface area contributed by atoms with Gasteiger partial charge in [-0.3, -0.25) is 0 Å². The van der Waals surface area contributed by atoms with Crippen molar-refractivity contribution in [3.05, 3.63) is 22.2 Å². The molecule has 96 valence electrons. The summed E-state index contributed by atoms with van der Waals surface area (Å²) in [4.78, 5) is 0. The lowest BCUT2D eigenvalue weighted by Crippen LogP contribution is -2.18. The summed E-state index contributed by atoms with van der Waals surface area (Å²) < 4.78 is 10.5. The maximum Gasteiger partial charge on any atom is 0.164 e. The van der Waals surface area contributed by atoms with E-state index in [1.807, 2.05) is 6.92 Å². The fourth-order valence-electron chi connectivity index (χ4n) is 1.85. The summed E-state index contributed by atoms with van der Waals surface area (Å²) in [5.41, 5.74) is 1.46. The lowest BCUT2D eigenvalue weighted by Gasteiger charge is -2.19. The quantitative estimate of drug-likeness (QED) is 0.848. The second-order valence-electron chi connectivity index (χ2n) is 3.71. The third kappa shape index (κ3) is 2.83. The molecule has 2 N–H and O–H groups in total. The first-order valence-electron chi connectivity index (χ1n) is 5.30. The van der Waals surface area contributed by atoms with Crippen molar-refractivity contribution in [3.8, 4) is 11.5 Å². The van der Waals surface area contributed by atoms with Crippen molar-refractivity contribution >= 4 is 11.6 Å². The van der Waals surface area contributed by atoms with Gasteiger partial charge in [0.1, 0.15) is 0 Å². The highest BCUT2D eigenvalue weighted by Gasteiger charge is 2.20. The van der Waals surface area contributed by atoms with Crippen molar-refractivity contribution in [1.29, 1.82) is 0 Å². The van der Waals surface area contributed by atoms with E-state index in [0.717, 1.165) is 5.56 Å². The maximum absolute atomic E-state index is 10.0. The molecule has 0 heterocycles. The van der Waals surface area contributed by atoms with Crippen LogP contribution >= 0.6 is 11.6 Å². The smallest absolute Gasteiger partial charge is 0.164 e. The lowest BCUT2D eigenvalue weighted by atomic mass is 10.0. The van der Waals surface area contributed by atoms with Crippen LogP contribution in [0.25, 0.3) is 0 Å². The number of methoxy groups -OCH3 is 2.